The van der Waals surface area contributed by atoms with E-state index in [-0.39, 0.29) is 31.0 Å². The van der Waals surface area contributed by atoms with Crippen molar-refractivity contribution in [3.05, 3.63) is 0 Å². The summed E-state index contributed by atoms with van der Waals surface area (Å²) in [4.78, 5) is 20.5. The van der Waals surface area contributed by atoms with Crippen molar-refractivity contribution in [3.63, 3.8) is 0 Å². The van der Waals surface area contributed by atoms with Crippen molar-refractivity contribution in [3.8, 4) is 0 Å². The Morgan fingerprint density at radius 3 is 1.35 bits per heavy atom. The van der Waals surface area contributed by atoms with Gasteiger partial charge in [0.15, 0.2) is 0 Å². The van der Waals surface area contributed by atoms with Crippen molar-refractivity contribution < 1.29 is 39.3 Å². The zero-order valence-electron chi connectivity index (χ0n) is 11.0. The second-order valence-corrected chi connectivity index (χ2v) is 8.13. The number of carboxylic acids is 2. The molecule has 4 nitrogen and oxygen atoms in total. The van der Waals surface area contributed by atoms with Gasteiger partial charge in [-0.1, -0.05) is 0 Å². The van der Waals surface area contributed by atoms with Gasteiger partial charge in [0.05, 0.1) is 11.5 Å². The summed E-state index contributed by atoms with van der Waals surface area (Å²) >= 11 is 6.66. The number of carboxylic acid groups (broad SMARTS) is 2. The fourth-order valence-corrected chi connectivity index (χ4v) is 4.83. The molecule has 0 aliphatic heterocycles. The average Bonchev–Trinajstić information content (AvgIpc) is 2.34. The van der Waals surface area contributed by atoms with Crippen molar-refractivity contribution in [1.29, 1.82) is 0 Å². The van der Waals surface area contributed by atoms with Gasteiger partial charge in [-0.2, -0.15) is 23.5 Å². The van der Waals surface area contributed by atoms with Crippen molar-refractivity contribution in [1.82, 2.24) is 0 Å². The summed E-state index contributed by atoms with van der Waals surface area (Å²) in [5.41, 5.74) is 0. The molecule has 0 amide bonds. The topological polar surface area (TPSA) is 74.6 Å². The van der Waals surface area contributed by atoms with Crippen LogP contribution in [0.15, 0.2) is 0 Å². The van der Waals surface area contributed by atoms with E-state index in [1.54, 1.807) is 0 Å². The summed E-state index contributed by atoms with van der Waals surface area (Å²) in [6.07, 6.45) is 1.16. The molecule has 2 N–H and O–H groups in total. The SMILES string of the molecule is O=C(O)CSCCSCCCSCCSCC(=O)O.[105Rh+3]. The van der Waals surface area contributed by atoms with Gasteiger partial charge in [-0.25, -0.2) is 0 Å². The Labute approximate surface area is 150 Å². The van der Waals surface area contributed by atoms with Crippen LogP contribution in [-0.2, 0) is 29.1 Å². The van der Waals surface area contributed by atoms with Crippen LogP contribution >= 0.6 is 47.0 Å². The average molecular weight is 449 g/mol. The first-order valence-electron chi connectivity index (χ1n) is 5.87. The summed E-state index contributed by atoms with van der Waals surface area (Å²) in [5.74, 6) is 4.96. The number of carbonyl (C=O) groups is 2. The molecule has 0 aromatic heterocycles. The monoisotopic (exact) mass is 449 g/mol. The van der Waals surface area contributed by atoms with E-state index in [0.29, 0.717) is 0 Å². The number of aliphatic carboxylic acids is 2. The van der Waals surface area contributed by atoms with Crippen LogP contribution in [0, 0.1) is 0 Å². The third kappa shape index (κ3) is 21.3. The van der Waals surface area contributed by atoms with Crippen LogP contribution in [-0.4, -0.2) is 68.2 Å². The van der Waals surface area contributed by atoms with Crippen LogP contribution in [0.25, 0.3) is 0 Å². The summed E-state index contributed by atoms with van der Waals surface area (Å²) in [5, 5.41) is 16.9. The minimum absolute atomic E-state index is 0. The first-order chi connectivity index (χ1) is 9.13. The second-order valence-electron chi connectivity index (χ2n) is 3.47. The van der Waals surface area contributed by atoms with Crippen molar-refractivity contribution >= 4 is 59.0 Å². The van der Waals surface area contributed by atoms with Crippen molar-refractivity contribution in [2.45, 2.75) is 6.42 Å². The van der Waals surface area contributed by atoms with Gasteiger partial charge in [0, 0.05) is 23.0 Å². The minimum atomic E-state index is -0.743. The fourth-order valence-electron chi connectivity index (χ4n) is 1.02. The predicted molar refractivity (Wildman–Crippen MR) is 89.2 cm³/mol. The number of hydrogen-bond acceptors (Lipinski definition) is 6. The molecule has 0 radical (unpaired) electrons. The van der Waals surface area contributed by atoms with Gasteiger partial charge in [0.25, 0.3) is 0 Å². The van der Waals surface area contributed by atoms with Gasteiger partial charge in [-0.05, 0) is 17.9 Å². The Kier molecular flexibility index (Phi) is 20.9. The van der Waals surface area contributed by atoms with Gasteiger partial charge < -0.3 is 10.2 Å². The second kappa shape index (κ2) is 18.0. The van der Waals surface area contributed by atoms with Crippen LogP contribution in [0.3, 0.4) is 0 Å². The summed E-state index contributed by atoms with van der Waals surface area (Å²) in [6.45, 7) is 0. The molecular weight excluding hydrogens is 429 g/mol. The van der Waals surface area contributed by atoms with Crippen LogP contribution in [0.1, 0.15) is 6.42 Å². The maximum Gasteiger partial charge on any atom is 3.00 e. The molecule has 0 rings (SSSR count). The smallest absolute Gasteiger partial charge is 0.481 e. The van der Waals surface area contributed by atoms with Gasteiger partial charge in [-0.15, -0.1) is 23.5 Å². The summed E-state index contributed by atoms with van der Waals surface area (Å²) in [6, 6.07) is 0. The molecule has 0 bridgehead atoms. The minimum Gasteiger partial charge on any atom is -0.481 e. The maximum absolute atomic E-state index is 10.3. The zero-order chi connectivity index (χ0) is 14.3. The molecule has 0 heterocycles. The molecule has 0 aliphatic carbocycles. The van der Waals surface area contributed by atoms with E-state index in [0.717, 1.165) is 40.9 Å². The molecule has 0 spiro atoms. The Hall–Kier alpha value is 0.963. The van der Waals surface area contributed by atoms with Crippen LogP contribution in [0.5, 0.6) is 0 Å². The maximum atomic E-state index is 10.3. The predicted octanol–water partition coefficient (Wildman–Crippen LogP) is 2.48. The molecule has 0 atom stereocenters. The van der Waals surface area contributed by atoms with E-state index in [2.05, 4.69) is 0 Å². The standard InChI is InChI=1S/C11H20O4S4.Rh/c12-10(13)8-18-6-4-16-2-1-3-17-5-7-19-9-11(14)15;/h1-9H2,(H,12,13)(H,14,15);/q;+3/i;1+2. The Balaban J connectivity index is 0. The van der Waals surface area contributed by atoms with Crippen LogP contribution in [0.2, 0.25) is 0 Å². The number of rotatable bonds is 14. The summed E-state index contributed by atoms with van der Waals surface area (Å²) in [7, 11) is 0. The molecule has 0 aromatic rings. The summed E-state index contributed by atoms with van der Waals surface area (Å²) < 4.78 is 0. The molecule has 0 aromatic carbocycles. The molecular formula is C11H20O4RhS4+3. The van der Waals surface area contributed by atoms with Crippen molar-refractivity contribution in [2.75, 3.05) is 46.0 Å². The van der Waals surface area contributed by atoms with E-state index >= 15 is 0 Å². The fraction of sp³-hybridized carbons (Fsp3) is 0.818. The molecule has 9 heteroatoms. The van der Waals surface area contributed by atoms with Crippen LogP contribution in [0.4, 0.5) is 0 Å². The Morgan fingerprint density at radius 1 is 0.650 bits per heavy atom. The largest absolute Gasteiger partial charge is 3.00 e. The molecule has 0 aliphatic rings. The molecule has 0 unspecified atom stereocenters. The van der Waals surface area contributed by atoms with Gasteiger partial charge in [0.1, 0.15) is 0 Å². The molecule has 0 saturated heterocycles. The number of thioether (sulfide) groups is 4. The zero-order valence-corrected chi connectivity index (χ0v) is 15.9. The van der Waals surface area contributed by atoms with Crippen LogP contribution < -0.4 is 0 Å². The van der Waals surface area contributed by atoms with Gasteiger partial charge >= 0.3 is 31.4 Å². The van der Waals surface area contributed by atoms with Crippen molar-refractivity contribution in [2.24, 2.45) is 0 Å². The van der Waals surface area contributed by atoms with E-state index < -0.39 is 11.9 Å². The quantitative estimate of drug-likeness (QED) is 0.310. The van der Waals surface area contributed by atoms with E-state index in [4.69, 9.17) is 10.2 Å². The van der Waals surface area contributed by atoms with Gasteiger partial charge in [0.2, 0.25) is 0 Å². The van der Waals surface area contributed by atoms with Gasteiger partial charge in [-0.3, -0.25) is 9.59 Å². The Morgan fingerprint density at radius 2 is 1.00 bits per heavy atom. The third-order valence-electron chi connectivity index (χ3n) is 1.77. The third-order valence-corrected chi connectivity index (χ3v) is 6.32. The van der Waals surface area contributed by atoms with E-state index in [9.17, 15) is 9.59 Å². The molecule has 118 valence electrons. The first kappa shape index (κ1) is 23.2. The molecule has 0 fully saturated rings. The molecule has 0 saturated carbocycles. The molecule has 20 heavy (non-hydrogen) atoms. The van der Waals surface area contributed by atoms with E-state index in [1.165, 1.54) is 23.5 Å². The number of hydrogen-bond donors (Lipinski definition) is 2. The van der Waals surface area contributed by atoms with E-state index in [1.807, 2.05) is 23.5 Å². The first-order valence-corrected chi connectivity index (χ1v) is 10.5. The normalized spacial score (nSPS) is 10.0. The Bertz CT molecular complexity index is 233.